The molecule has 68 valence electrons. The molecular weight excluding hydrogens is 166 g/mol. The molecule has 0 spiro atoms. The van der Waals surface area contributed by atoms with Crippen LogP contribution in [0.3, 0.4) is 0 Å². The van der Waals surface area contributed by atoms with Gasteiger partial charge >= 0.3 is 0 Å². The Morgan fingerprint density at radius 3 is 2.62 bits per heavy atom. The Hall–Kier alpha value is -1.63. The molecule has 1 aromatic heterocycles. The van der Waals surface area contributed by atoms with Gasteiger partial charge in [-0.2, -0.15) is 5.26 Å². The van der Waals surface area contributed by atoms with Crippen molar-refractivity contribution in [2.24, 2.45) is 0 Å². The van der Waals surface area contributed by atoms with Crippen molar-refractivity contribution >= 4 is 0 Å². The largest absolute Gasteiger partial charge is 0.472 e. The summed E-state index contributed by atoms with van der Waals surface area (Å²) in [5.74, 6) is 0.430. The van der Waals surface area contributed by atoms with E-state index in [-0.39, 0.29) is 5.60 Å². The molecule has 4 nitrogen and oxygen atoms in total. The van der Waals surface area contributed by atoms with E-state index in [2.05, 4.69) is 9.97 Å². The minimum Gasteiger partial charge on any atom is -0.472 e. The van der Waals surface area contributed by atoms with Gasteiger partial charge in [0.05, 0.1) is 0 Å². The van der Waals surface area contributed by atoms with E-state index >= 15 is 0 Å². The molecule has 0 fully saturated rings. The number of nitriles is 1. The summed E-state index contributed by atoms with van der Waals surface area (Å²) in [6.07, 6.45) is 1.32. The third-order valence-electron chi connectivity index (χ3n) is 1.17. The summed E-state index contributed by atoms with van der Waals surface area (Å²) in [4.78, 5) is 7.62. The van der Waals surface area contributed by atoms with Crippen LogP contribution in [0, 0.1) is 11.3 Å². The Bertz CT molecular complexity index is 335. The Kier molecular flexibility index (Phi) is 2.47. The van der Waals surface area contributed by atoms with Crippen LogP contribution in [-0.4, -0.2) is 15.6 Å². The van der Waals surface area contributed by atoms with Gasteiger partial charge in [-0.3, -0.25) is 0 Å². The van der Waals surface area contributed by atoms with Gasteiger partial charge < -0.3 is 4.74 Å². The van der Waals surface area contributed by atoms with Crippen molar-refractivity contribution in [3.05, 3.63) is 18.1 Å². The summed E-state index contributed by atoms with van der Waals surface area (Å²) in [5, 5.41) is 8.56. The first-order valence-corrected chi connectivity index (χ1v) is 3.92. The normalized spacial score (nSPS) is 10.6. The van der Waals surface area contributed by atoms with Crippen molar-refractivity contribution in [3.63, 3.8) is 0 Å². The van der Waals surface area contributed by atoms with E-state index in [4.69, 9.17) is 10.00 Å². The van der Waals surface area contributed by atoms with Crippen LogP contribution in [-0.2, 0) is 0 Å². The molecule has 0 aliphatic rings. The maximum absolute atomic E-state index is 8.56. The molecule has 0 aromatic carbocycles. The van der Waals surface area contributed by atoms with Crippen molar-refractivity contribution in [1.29, 1.82) is 5.26 Å². The molecule has 0 N–H and O–H groups in total. The number of aromatic nitrogens is 2. The predicted molar refractivity (Wildman–Crippen MR) is 47.1 cm³/mol. The lowest BCUT2D eigenvalue weighted by molar-refractivity contribution is 0.124. The van der Waals surface area contributed by atoms with Crippen molar-refractivity contribution in [3.8, 4) is 11.9 Å². The number of hydrogen-bond acceptors (Lipinski definition) is 4. The fourth-order valence-electron chi connectivity index (χ4n) is 0.770. The summed E-state index contributed by atoms with van der Waals surface area (Å²) in [6, 6.07) is 3.44. The Labute approximate surface area is 77.2 Å². The first-order chi connectivity index (χ1) is 6.01. The second-order valence-corrected chi connectivity index (χ2v) is 3.57. The first-order valence-electron chi connectivity index (χ1n) is 3.92. The van der Waals surface area contributed by atoms with Crippen molar-refractivity contribution in [1.82, 2.24) is 9.97 Å². The van der Waals surface area contributed by atoms with Gasteiger partial charge in [-0.15, -0.1) is 0 Å². The van der Waals surface area contributed by atoms with Gasteiger partial charge in [0.1, 0.15) is 23.7 Å². The summed E-state index contributed by atoms with van der Waals surface area (Å²) in [6.45, 7) is 5.75. The van der Waals surface area contributed by atoms with Crippen LogP contribution in [0.4, 0.5) is 0 Å². The molecule has 0 aliphatic carbocycles. The van der Waals surface area contributed by atoms with E-state index in [0.717, 1.165) is 0 Å². The molecule has 0 bridgehead atoms. The number of hydrogen-bond donors (Lipinski definition) is 0. The molecule has 1 rings (SSSR count). The van der Waals surface area contributed by atoms with Gasteiger partial charge in [0, 0.05) is 6.07 Å². The zero-order chi connectivity index (χ0) is 9.90. The van der Waals surface area contributed by atoms with Crippen molar-refractivity contribution in [2.75, 3.05) is 0 Å². The molecule has 4 heteroatoms. The predicted octanol–water partition coefficient (Wildman–Crippen LogP) is 1.53. The average molecular weight is 177 g/mol. The number of nitrogens with zero attached hydrogens (tertiary/aromatic N) is 3. The SMILES string of the molecule is CC(C)(C)Oc1cc(C#N)ncn1. The lowest BCUT2D eigenvalue weighted by Gasteiger charge is -2.19. The van der Waals surface area contributed by atoms with E-state index in [1.165, 1.54) is 12.4 Å². The van der Waals surface area contributed by atoms with Crippen LogP contribution in [0.1, 0.15) is 26.5 Å². The molecule has 0 unspecified atom stereocenters. The van der Waals surface area contributed by atoms with Crippen molar-refractivity contribution in [2.45, 2.75) is 26.4 Å². The first kappa shape index (κ1) is 9.46. The van der Waals surface area contributed by atoms with Gasteiger partial charge in [-0.05, 0) is 20.8 Å². The Balaban J connectivity index is 2.86. The summed E-state index contributed by atoms with van der Waals surface area (Å²) >= 11 is 0. The highest BCUT2D eigenvalue weighted by molar-refractivity contribution is 5.24. The summed E-state index contributed by atoms with van der Waals surface area (Å²) in [5.41, 5.74) is 0.00964. The van der Waals surface area contributed by atoms with Crippen LogP contribution >= 0.6 is 0 Å². The summed E-state index contributed by atoms with van der Waals surface area (Å²) in [7, 11) is 0. The maximum Gasteiger partial charge on any atom is 0.218 e. The van der Waals surface area contributed by atoms with Gasteiger partial charge in [0.2, 0.25) is 5.88 Å². The zero-order valence-corrected chi connectivity index (χ0v) is 7.90. The number of rotatable bonds is 1. The Morgan fingerprint density at radius 2 is 2.08 bits per heavy atom. The monoisotopic (exact) mass is 177 g/mol. The van der Waals surface area contributed by atoms with Gasteiger partial charge in [0.25, 0.3) is 0 Å². The van der Waals surface area contributed by atoms with Crippen LogP contribution in [0.25, 0.3) is 0 Å². The highest BCUT2D eigenvalue weighted by Gasteiger charge is 2.12. The number of ether oxygens (including phenoxy) is 1. The van der Waals surface area contributed by atoms with Gasteiger partial charge in [-0.1, -0.05) is 0 Å². The third-order valence-corrected chi connectivity index (χ3v) is 1.17. The lowest BCUT2D eigenvalue weighted by atomic mass is 10.2. The maximum atomic E-state index is 8.56. The highest BCUT2D eigenvalue weighted by Crippen LogP contribution is 2.14. The topological polar surface area (TPSA) is 58.8 Å². The fourth-order valence-corrected chi connectivity index (χ4v) is 0.770. The molecule has 0 saturated heterocycles. The second kappa shape index (κ2) is 3.40. The quantitative estimate of drug-likeness (QED) is 0.652. The molecule has 0 radical (unpaired) electrons. The van der Waals surface area contributed by atoms with E-state index in [9.17, 15) is 0 Å². The Morgan fingerprint density at radius 1 is 1.38 bits per heavy atom. The molecule has 0 atom stereocenters. The molecular formula is C9H11N3O. The highest BCUT2D eigenvalue weighted by atomic mass is 16.5. The fraction of sp³-hybridized carbons (Fsp3) is 0.444. The second-order valence-electron chi connectivity index (χ2n) is 3.57. The van der Waals surface area contributed by atoms with E-state index in [1.54, 1.807) is 0 Å². The molecule has 13 heavy (non-hydrogen) atoms. The molecule has 0 aliphatic heterocycles. The molecule has 0 amide bonds. The van der Waals surface area contributed by atoms with Gasteiger partial charge in [-0.25, -0.2) is 9.97 Å². The van der Waals surface area contributed by atoms with E-state index in [1.807, 2.05) is 26.8 Å². The summed E-state index contributed by atoms with van der Waals surface area (Å²) < 4.78 is 5.44. The van der Waals surface area contributed by atoms with Crippen LogP contribution in [0.2, 0.25) is 0 Å². The standard InChI is InChI=1S/C9H11N3O/c1-9(2,3)13-8-4-7(5-10)11-6-12-8/h4,6H,1-3H3. The minimum atomic E-state index is -0.304. The van der Waals surface area contributed by atoms with Crippen molar-refractivity contribution < 1.29 is 4.74 Å². The van der Waals surface area contributed by atoms with Gasteiger partial charge in [0.15, 0.2) is 0 Å². The van der Waals surface area contributed by atoms with E-state index < -0.39 is 0 Å². The molecule has 1 heterocycles. The molecule has 1 aromatic rings. The minimum absolute atomic E-state index is 0.304. The zero-order valence-electron chi connectivity index (χ0n) is 7.90. The van der Waals surface area contributed by atoms with Crippen LogP contribution in [0.15, 0.2) is 12.4 Å². The van der Waals surface area contributed by atoms with Crippen LogP contribution < -0.4 is 4.74 Å². The lowest BCUT2D eigenvalue weighted by Crippen LogP contribution is -2.23. The van der Waals surface area contributed by atoms with Crippen LogP contribution in [0.5, 0.6) is 5.88 Å². The van der Waals surface area contributed by atoms with E-state index in [0.29, 0.717) is 11.6 Å². The average Bonchev–Trinajstić information content (AvgIpc) is 2.01. The smallest absolute Gasteiger partial charge is 0.218 e. The third kappa shape index (κ3) is 3.08. The molecule has 0 saturated carbocycles.